The van der Waals surface area contributed by atoms with Gasteiger partial charge in [-0.1, -0.05) is 60.7 Å². The average Bonchev–Trinajstić information content (AvgIpc) is 3.28. The van der Waals surface area contributed by atoms with E-state index in [9.17, 15) is 23.7 Å². The molecule has 2 radical (unpaired) electrons. The molecule has 0 bridgehead atoms. The highest BCUT2D eigenvalue weighted by Gasteiger charge is 2.43. The summed E-state index contributed by atoms with van der Waals surface area (Å²) in [5.41, 5.74) is 6.11. The van der Waals surface area contributed by atoms with Crippen molar-refractivity contribution in [2.75, 3.05) is 12.3 Å². The lowest BCUT2D eigenvalue weighted by molar-refractivity contribution is -0.0472. The van der Waals surface area contributed by atoms with Gasteiger partial charge in [-0.15, -0.1) is 0 Å². The molecule has 206 valence electrons. The van der Waals surface area contributed by atoms with E-state index in [1.807, 2.05) is 0 Å². The Hall–Kier alpha value is -1.93. The number of nitrogens with two attached hydrogens (primary N) is 1. The van der Waals surface area contributed by atoms with Gasteiger partial charge in [-0.3, -0.25) is 22.7 Å². The highest BCUT2D eigenvalue weighted by atomic mass is 31.2. The summed E-state index contributed by atoms with van der Waals surface area (Å²) in [5, 5.41) is 0. The molecule has 4 N–H and O–H groups in total. The van der Waals surface area contributed by atoms with E-state index in [1.54, 1.807) is 60.7 Å². The Bertz CT molecular complexity index is 1370. The van der Waals surface area contributed by atoms with Crippen LogP contribution in [0, 0.1) is 0 Å². The molecule has 0 aliphatic carbocycles. The van der Waals surface area contributed by atoms with Crippen LogP contribution in [0.5, 0.6) is 0 Å². The number of rotatable bonds is 12. The Morgan fingerprint density at radius 1 is 0.923 bits per heavy atom. The van der Waals surface area contributed by atoms with Gasteiger partial charge in [-0.05, 0) is 17.2 Å². The monoisotopic (exact) mass is 591 g/mol. The summed E-state index contributed by atoms with van der Waals surface area (Å²) in [5.74, 6) is 0.00267. The summed E-state index contributed by atoms with van der Waals surface area (Å²) >= 11 is 0. The molecule has 3 aromatic rings. The van der Waals surface area contributed by atoms with E-state index in [1.165, 1.54) is 12.3 Å². The van der Waals surface area contributed by atoms with E-state index in [-0.39, 0.29) is 48.5 Å². The minimum atomic E-state index is -4.62. The first-order valence-electron chi connectivity index (χ1n) is 11.5. The number of aromatic nitrogens is 2. The molecule has 39 heavy (non-hydrogen) atoms. The Morgan fingerprint density at radius 2 is 1.49 bits per heavy atom. The molecule has 1 aliphatic heterocycles. The van der Waals surface area contributed by atoms with Crippen LogP contribution < -0.4 is 11.4 Å². The first-order valence-corrected chi connectivity index (χ1v) is 14.4. The third kappa shape index (κ3) is 9.59. The zero-order valence-corrected chi connectivity index (χ0v) is 23.9. The van der Waals surface area contributed by atoms with E-state index < -0.39 is 46.4 Å². The molecule has 0 spiro atoms. The van der Waals surface area contributed by atoms with Gasteiger partial charge in [-0.2, -0.15) is 4.98 Å². The normalized spacial score (nSPS) is 21.9. The molecule has 0 amide bonds. The van der Waals surface area contributed by atoms with Gasteiger partial charge in [0.15, 0.2) is 0 Å². The van der Waals surface area contributed by atoms with E-state index in [0.29, 0.717) is 11.1 Å². The van der Waals surface area contributed by atoms with Crippen molar-refractivity contribution in [1.29, 1.82) is 0 Å². The number of ether oxygens (including phenoxy) is 1. The Morgan fingerprint density at radius 3 is 2.05 bits per heavy atom. The zero-order chi connectivity index (χ0) is 27.2. The van der Waals surface area contributed by atoms with Crippen molar-refractivity contribution >= 4 is 44.5 Å². The van der Waals surface area contributed by atoms with Crippen LogP contribution >= 0.6 is 15.6 Å². The summed E-state index contributed by atoms with van der Waals surface area (Å²) in [6, 6.07) is 18.8. The number of anilines is 1. The zero-order valence-electron chi connectivity index (χ0n) is 20.7. The Balaban J connectivity index is 0.00000420. The first kappa shape index (κ1) is 31.6. The first-order chi connectivity index (χ1) is 18.1. The largest absolute Gasteiger partial charge is 0.472 e. The van der Waals surface area contributed by atoms with Crippen molar-refractivity contribution in [1.82, 2.24) is 9.55 Å². The van der Waals surface area contributed by atoms with Crippen LogP contribution in [0.15, 0.2) is 77.7 Å². The topological polar surface area (TPSA) is 182 Å². The van der Waals surface area contributed by atoms with Crippen molar-refractivity contribution < 1.29 is 41.7 Å². The van der Waals surface area contributed by atoms with Crippen LogP contribution in [0.3, 0.4) is 0 Å². The van der Waals surface area contributed by atoms with Crippen molar-refractivity contribution in [2.24, 2.45) is 0 Å². The second-order valence-corrected chi connectivity index (χ2v) is 11.2. The average molecular weight is 592 g/mol. The second kappa shape index (κ2) is 14.1. The lowest BCUT2D eigenvalue weighted by atomic mass is 10.2. The number of hydrogen-bond donors (Lipinski definition) is 3. The number of phosphoric acid groups is 2. The molecular weight excluding hydrogens is 565 g/mol. The number of benzene rings is 2. The van der Waals surface area contributed by atoms with Crippen LogP contribution in [0.4, 0.5) is 5.82 Å². The third-order valence-corrected chi connectivity index (χ3v) is 7.41. The maximum absolute atomic E-state index is 12.7. The maximum Gasteiger partial charge on any atom is 0.472 e. The quantitative estimate of drug-likeness (QED) is 0.207. The van der Waals surface area contributed by atoms with Crippen LogP contribution in [0.2, 0.25) is 0 Å². The molecule has 2 heterocycles. The summed E-state index contributed by atoms with van der Waals surface area (Å²) in [4.78, 5) is 36.4. The van der Waals surface area contributed by atoms with Gasteiger partial charge in [0, 0.05) is 35.7 Å². The smallest absolute Gasteiger partial charge is 0.383 e. The third-order valence-electron chi connectivity index (χ3n) is 5.49. The molecule has 5 atom stereocenters. The highest BCUT2D eigenvalue weighted by molar-refractivity contribution is 7.47. The summed E-state index contributed by atoms with van der Waals surface area (Å²) < 4.78 is 52.6. The van der Waals surface area contributed by atoms with Crippen LogP contribution in [0.1, 0.15) is 23.8 Å². The predicted molar refractivity (Wildman–Crippen MR) is 140 cm³/mol. The minimum absolute atomic E-state index is 0. The second-order valence-electron chi connectivity index (χ2n) is 8.30. The molecule has 16 heteroatoms. The van der Waals surface area contributed by atoms with Crippen molar-refractivity contribution in [3.63, 3.8) is 0 Å². The van der Waals surface area contributed by atoms with Gasteiger partial charge in [0.1, 0.15) is 24.3 Å². The summed E-state index contributed by atoms with van der Waals surface area (Å²) in [7, 11) is -9.17. The number of nitrogens with zero attached hydrogens (tertiary/aromatic N) is 2. The Kier molecular flexibility index (Phi) is 11.4. The minimum Gasteiger partial charge on any atom is -0.383 e. The summed E-state index contributed by atoms with van der Waals surface area (Å²) in [6.07, 6.45) is -2.05. The molecule has 1 saturated heterocycles. The van der Waals surface area contributed by atoms with Gasteiger partial charge in [0.2, 0.25) is 0 Å². The van der Waals surface area contributed by atoms with E-state index in [0.717, 1.165) is 4.57 Å². The van der Waals surface area contributed by atoms with Gasteiger partial charge >= 0.3 is 21.3 Å². The lowest BCUT2D eigenvalue weighted by Crippen LogP contribution is -2.29. The molecular formula is C23H27MgN3O10P2. The molecule has 2 aromatic carbocycles. The molecule has 0 saturated carbocycles. The van der Waals surface area contributed by atoms with Crippen molar-refractivity contribution in [3.05, 3.63) is 94.5 Å². The number of nitrogen functional groups attached to an aromatic ring is 1. The summed E-state index contributed by atoms with van der Waals surface area (Å²) in [6.45, 7) is -0.943. The number of hydrogen-bond acceptors (Lipinski definition) is 10. The van der Waals surface area contributed by atoms with Crippen LogP contribution in [-0.2, 0) is 45.2 Å². The Labute approximate surface area is 240 Å². The van der Waals surface area contributed by atoms with E-state index in [2.05, 4.69) is 4.98 Å². The van der Waals surface area contributed by atoms with E-state index in [4.69, 9.17) is 28.6 Å². The van der Waals surface area contributed by atoms with Crippen molar-refractivity contribution in [3.8, 4) is 0 Å². The lowest BCUT2D eigenvalue weighted by Gasteiger charge is -2.22. The van der Waals surface area contributed by atoms with E-state index >= 15 is 0 Å². The van der Waals surface area contributed by atoms with Gasteiger partial charge in [-0.25, -0.2) is 13.9 Å². The van der Waals surface area contributed by atoms with Crippen molar-refractivity contribution in [2.45, 2.75) is 38.1 Å². The molecule has 1 aromatic heterocycles. The molecule has 4 rings (SSSR count). The molecule has 1 fully saturated rings. The molecule has 2 unspecified atom stereocenters. The SMILES string of the molecule is Nc1ccn([C@H]2C[C@H](OP(=O)(O)OCc3ccccc3)[C@@H](COP(=O)(O)OCc3ccccc3)O2)c(=O)n1.[Mg]. The van der Waals surface area contributed by atoms with Crippen LogP contribution in [-0.4, -0.2) is 61.2 Å². The maximum atomic E-state index is 12.7. The fraction of sp³-hybridized carbons (Fsp3) is 0.304. The van der Waals surface area contributed by atoms with Gasteiger partial charge in [0.05, 0.1) is 19.8 Å². The number of phosphoric ester groups is 2. The highest BCUT2D eigenvalue weighted by Crippen LogP contribution is 2.50. The fourth-order valence-corrected chi connectivity index (χ4v) is 5.30. The standard InChI is InChI=1S/C23H27N3O10P2.Mg/c24-21-11-12-26(23(27)25-21)22-13-19(36-38(30,31)33-15-18-9-5-2-6-10-18)20(35-22)16-34-37(28,29)32-14-17-7-3-1-4-8-17;/h1-12,19-20,22H,13-16H2,(H,28,29)(H,30,31)(H2,24,25,27);/t19-,20+,22+;/m0./s1. The fourth-order valence-electron chi connectivity index (χ4n) is 3.64. The van der Waals surface area contributed by atoms with Gasteiger partial charge < -0.3 is 20.3 Å². The molecule has 13 nitrogen and oxygen atoms in total. The van der Waals surface area contributed by atoms with Crippen LogP contribution in [0.25, 0.3) is 0 Å². The van der Waals surface area contributed by atoms with Gasteiger partial charge in [0.25, 0.3) is 0 Å². The predicted octanol–water partition coefficient (Wildman–Crippen LogP) is 2.77. The molecule has 1 aliphatic rings.